The number of Topliss-reactive ketones (excluding diaryl/α,β-unsaturated/α-hetero) is 1. The average Bonchev–Trinajstić information content (AvgIpc) is 2.56. The number of hydrogen-bond acceptors (Lipinski definition) is 6. The van der Waals surface area contributed by atoms with E-state index in [0.717, 1.165) is 0 Å². The Hall–Kier alpha value is -1.63. The van der Waals surface area contributed by atoms with Crippen molar-refractivity contribution in [1.29, 1.82) is 0 Å². The smallest absolute Gasteiger partial charge is 0.317 e. The molecule has 2 rings (SSSR count). The minimum atomic E-state index is -1.69. The molecule has 1 aliphatic carbocycles. The molecule has 0 unspecified atom stereocenters. The van der Waals surface area contributed by atoms with Gasteiger partial charge in [0.2, 0.25) is 0 Å². The van der Waals surface area contributed by atoms with Crippen molar-refractivity contribution >= 4 is 40.9 Å². The van der Waals surface area contributed by atoms with Crippen LogP contribution in [0.5, 0.6) is 0 Å². The number of hydrogen-bond donors (Lipinski definition) is 1. The van der Waals surface area contributed by atoms with Gasteiger partial charge in [0.15, 0.2) is 5.78 Å². The summed E-state index contributed by atoms with van der Waals surface area (Å²) in [5.41, 5.74) is -1.27. The SMILES string of the molecule is CCOC(=O)[C@@H]1C(=O)C[C@](C)(O)[C@H](C(=O)OCC)[C@H]1c1ccc(Cl)c(Cl)c1. The lowest BCUT2D eigenvalue weighted by Crippen LogP contribution is -2.55. The van der Waals surface area contributed by atoms with Gasteiger partial charge in [0.05, 0.1) is 34.8 Å². The Balaban J connectivity index is 2.64. The molecule has 0 spiro atoms. The van der Waals surface area contributed by atoms with E-state index in [4.69, 9.17) is 32.7 Å². The highest BCUT2D eigenvalue weighted by molar-refractivity contribution is 6.42. The lowest BCUT2D eigenvalue weighted by atomic mass is 9.62. The quantitative estimate of drug-likeness (QED) is 0.585. The molecule has 1 aromatic rings. The molecule has 8 heteroatoms. The van der Waals surface area contributed by atoms with Gasteiger partial charge in [-0.05, 0) is 38.5 Å². The van der Waals surface area contributed by atoms with Crippen LogP contribution >= 0.6 is 23.2 Å². The molecule has 4 atom stereocenters. The molecule has 1 fully saturated rings. The number of aliphatic hydroxyl groups is 1. The van der Waals surface area contributed by atoms with E-state index < -0.39 is 41.1 Å². The second-order valence-electron chi connectivity index (χ2n) is 6.66. The third-order valence-electron chi connectivity index (χ3n) is 4.68. The van der Waals surface area contributed by atoms with Crippen LogP contribution in [0, 0.1) is 11.8 Å². The summed E-state index contributed by atoms with van der Waals surface area (Å²) in [7, 11) is 0. The Kier molecular flexibility index (Phi) is 6.89. The Morgan fingerprint density at radius 2 is 1.74 bits per heavy atom. The highest BCUT2D eigenvalue weighted by atomic mass is 35.5. The van der Waals surface area contributed by atoms with E-state index in [2.05, 4.69) is 0 Å². The zero-order chi connectivity index (χ0) is 20.4. The lowest BCUT2D eigenvalue weighted by molar-refractivity contribution is -0.172. The third-order valence-corrected chi connectivity index (χ3v) is 5.42. The van der Waals surface area contributed by atoms with Crippen molar-refractivity contribution < 1.29 is 29.0 Å². The van der Waals surface area contributed by atoms with E-state index in [0.29, 0.717) is 5.56 Å². The average molecular weight is 417 g/mol. The van der Waals surface area contributed by atoms with Crippen LogP contribution in [0.2, 0.25) is 10.0 Å². The van der Waals surface area contributed by atoms with Gasteiger partial charge in [-0.15, -0.1) is 0 Å². The number of halogens is 2. The molecule has 27 heavy (non-hydrogen) atoms. The molecule has 148 valence electrons. The van der Waals surface area contributed by atoms with Crippen LogP contribution in [-0.2, 0) is 23.9 Å². The second kappa shape index (κ2) is 8.59. The zero-order valence-corrected chi connectivity index (χ0v) is 16.8. The molecule has 1 aliphatic rings. The summed E-state index contributed by atoms with van der Waals surface area (Å²) >= 11 is 12.1. The molecule has 0 heterocycles. The monoisotopic (exact) mass is 416 g/mol. The van der Waals surface area contributed by atoms with Gasteiger partial charge in [0, 0.05) is 12.3 Å². The predicted octanol–water partition coefficient (Wildman–Crippen LogP) is 3.16. The second-order valence-corrected chi connectivity index (χ2v) is 7.47. The van der Waals surface area contributed by atoms with Crippen LogP contribution in [0.15, 0.2) is 18.2 Å². The van der Waals surface area contributed by atoms with E-state index in [9.17, 15) is 19.5 Å². The van der Waals surface area contributed by atoms with Crippen LogP contribution in [0.25, 0.3) is 0 Å². The highest BCUT2D eigenvalue weighted by Gasteiger charge is 2.57. The number of ketones is 1. The minimum Gasteiger partial charge on any atom is -0.466 e. The van der Waals surface area contributed by atoms with Gasteiger partial charge in [-0.25, -0.2) is 0 Å². The maximum Gasteiger partial charge on any atom is 0.317 e. The van der Waals surface area contributed by atoms with Crippen molar-refractivity contribution in [3.63, 3.8) is 0 Å². The molecular formula is C19H22Cl2O6. The molecule has 1 N–H and O–H groups in total. The number of benzene rings is 1. The molecule has 6 nitrogen and oxygen atoms in total. The fourth-order valence-electron chi connectivity index (χ4n) is 3.60. The molecule has 0 saturated heterocycles. The van der Waals surface area contributed by atoms with Crippen LogP contribution in [0.1, 0.15) is 38.7 Å². The molecule has 0 radical (unpaired) electrons. The van der Waals surface area contributed by atoms with Crippen molar-refractivity contribution in [2.45, 2.75) is 38.7 Å². The van der Waals surface area contributed by atoms with Gasteiger partial charge in [0.25, 0.3) is 0 Å². The Bertz CT molecular complexity index is 746. The van der Waals surface area contributed by atoms with Gasteiger partial charge in [-0.3, -0.25) is 14.4 Å². The van der Waals surface area contributed by atoms with Crippen molar-refractivity contribution in [1.82, 2.24) is 0 Å². The van der Waals surface area contributed by atoms with Gasteiger partial charge < -0.3 is 14.6 Å². The summed E-state index contributed by atoms with van der Waals surface area (Å²) < 4.78 is 10.2. The van der Waals surface area contributed by atoms with E-state index in [1.165, 1.54) is 19.1 Å². The summed E-state index contributed by atoms with van der Waals surface area (Å²) in [4.78, 5) is 37.9. The van der Waals surface area contributed by atoms with Gasteiger partial charge in [-0.2, -0.15) is 0 Å². The Labute approximate surface area is 167 Å². The maximum atomic E-state index is 12.7. The molecule has 1 aromatic carbocycles. The van der Waals surface area contributed by atoms with E-state index in [1.807, 2.05) is 0 Å². The number of ether oxygens (including phenoxy) is 2. The highest BCUT2D eigenvalue weighted by Crippen LogP contribution is 2.47. The van der Waals surface area contributed by atoms with Crippen LogP contribution in [0.3, 0.4) is 0 Å². The van der Waals surface area contributed by atoms with Crippen LogP contribution < -0.4 is 0 Å². The first-order chi connectivity index (χ1) is 12.6. The molecule has 1 saturated carbocycles. The summed E-state index contributed by atoms with van der Waals surface area (Å²) in [6, 6.07) is 4.57. The molecular weight excluding hydrogens is 395 g/mol. The Morgan fingerprint density at radius 1 is 1.15 bits per heavy atom. The molecule has 0 amide bonds. The van der Waals surface area contributed by atoms with Crippen LogP contribution in [-0.4, -0.2) is 41.6 Å². The number of carbonyl (C=O) groups excluding carboxylic acids is 3. The summed E-state index contributed by atoms with van der Waals surface area (Å²) in [6.07, 6.45) is -0.363. The summed E-state index contributed by atoms with van der Waals surface area (Å²) in [5.74, 6) is -5.34. The normalized spacial score (nSPS) is 27.9. The zero-order valence-electron chi connectivity index (χ0n) is 15.3. The molecule has 0 aliphatic heterocycles. The van der Waals surface area contributed by atoms with Gasteiger partial charge in [0.1, 0.15) is 5.92 Å². The van der Waals surface area contributed by atoms with Crippen molar-refractivity contribution in [3.8, 4) is 0 Å². The first-order valence-corrected chi connectivity index (χ1v) is 9.42. The van der Waals surface area contributed by atoms with Crippen molar-refractivity contribution in [2.75, 3.05) is 13.2 Å². The first-order valence-electron chi connectivity index (χ1n) is 8.67. The van der Waals surface area contributed by atoms with Crippen molar-refractivity contribution in [2.24, 2.45) is 11.8 Å². The molecule has 0 bridgehead atoms. The number of esters is 2. The van der Waals surface area contributed by atoms with Gasteiger partial charge in [-0.1, -0.05) is 29.3 Å². The fourth-order valence-corrected chi connectivity index (χ4v) is 3.91. The summed E-state index contributed by atoms with van der Waals surface area (Å²) in [6.45, 7) is 4.82. The van der Waals surface area contributed by atoms with E-state index >= 15 is 0 Å². The standard InChI is InChI=1S/C19H22Cl2O6/c1-4-26-17(23)15-13(22)9-19(3,25)16(18(24)27-5-2)14(15)10-6-7-11(20)12(21)8-10/h6-8,14-16,25H,4-5,9H2,1-3H3/t14-,15+,16-,19-/m0/s1. The first kappa shape index (κ1) is 21.7. The van der Waals surface area contributed by atoms with Crippen LogP contribution in [0.4, 0.5) is 0 Å². The van der Waals surface area contributed by atoms with Gasteiger partial charge >= 0.3 is 11.9 Å². The Morgan fingerprint density at radius 3 is 2.30 bits per heavy atom. The maximum absolute atomic E-state index is 12.7. The number of rotatable bonds is 5. The third kappa shape index (κ3) is 4.45. The minimum absolute atomic E-state index is 0.0805. The van der Waals surface area contributed by atoms with Crippen molar-refractivity contribution in [3.05, 3.63) is 33.8 Å². The summed E-state index contributed by atoms with van der Waals surface area (Å²) in [5, 5.41) is 11.3. The topological polar surface area (TPSA) is 89.9 Å². The predicted molar refractivity (Wildman–Crippen MR) is 99.7 cm³/mol. The largest absolute Gasteiger partial charge is 0.466 e. The molecule has 0 aromatic heterocycles. The lowest BCUT2D eigenvalue weighted by Gasteiger charge is -2.43. The van der Waals surface area contributed by atoms with E-state index in [1.54, 1.807) is 19.9 Å². The van der Waals surface area contributed by atoms with E-state index in [-0.39, 0.29) is 29.7 Å². The fraction of sp³-hybridized carbons (Fsp3) is 0.526. The number of carbonyl (C=O) groups is 3.